The van der Waals surface area contributed by atoms with E-state index in [9.17, 15) is 4.79 Å². The lowest BCUT2D eigenvalue weighted by Crippen LogP contribution is -2.13. The Balaban J connectivity index is 1.34. The Bertz CT molecular complexity index is 1370. The predicted octanol–water partition coefficient (Wildman–Crippen LogP) is 6.54. The third kappa shape index (κ3) is 4.44. The lowest BCUT2D eigenvalue weighted by atomic mass is 10.1. The van der Waals surface area contributed by atoms with E-state index in [0.29, 0.717) is 5.56 Å². The first-order valence-corrected chi connectivity index (χ1v) is 12.0. The van der Waals surface area contributed by atoms with Gasteiger partial charge in [0.1, 0.15) is 5.82 Å². The van der Waals surface area contributed by atoms with E-state index in [0.717, 1.165) is 49.5 Å². The van der Waals surface area contributed by atoms with E-state index < -0.39 is 0 Å². The summed E-state index contributed by atoms with van der Waals surface area (Å²) in [5, 5.41) is 6.15. The summed E-state index contributed by atoms with van der Waals surface area (Å²) in [6, 6.07) is 23.3. The lowest BCUT2D eigenvalue weighted by Gasteiger charge is -2.10. The number of carbonyl (C=O) groups is 1. The number of hydrogen-bond donors (Lipinski definition) is 2. The molecule has 0 aliphatic rings. The van der Waals surface area contributed by atoms with Gasteiger partial charge in [-0.05, 0) is 43.3 Å². The predicted molar refractivity (Wildman–Crippen MR) is 132 cm³/mol. The van der Waals surface area contributed by atoms with Crippen LogP contribution in [0.15, 0.2) is 83.1 Å². The first kappa shape index (κ1) is 20.5. The summed E-state index contributed by atoms with van der Waals surface area (Å²) in [7, 11) is 0. The number of aromatic amines is 1. The number of H-pyrrole nitrogens is 1. The highest BCUT2D eigenvalue weighted by molar-refractivity contribution is 7.98. The van der Waals surface area contributed by atoms with Crippen molar-refractivity contribution in [1.29, 1.82) is 0 Å². The molecular formula is C25H20N4OS2. The average molecular weight is 457 g/mol. The second-order valence-corrected chi connectivity index (χ2v) is 9.36. The summed E-state index contributed by atoms with van der Waals surface area (Å²) in [4.78, 5) is 26.5. The molecule has 2 N–H and O–H groups in total. The van der Waals surface area contributed by atoms with Gasteiger partial charge in [-0.1, -0.05) is 36.4 Å². The Morgan fingerprint density at radius 3 is 2.72 bits per heavy atom. The van der Waals surface area contributed by atoms with E-state index in [1.807, 2.05) is 79.7 Å². The molecule has 3 aromatic carbocycles. The molecule has 2 aromatic heterocycles. The summed E-state index contributed by atoms with van der Waals surface area (Å²) in [6.07, 6.45) is 0. The highest BCUT2D eigenvalue weighted by Gasteiger charge is 2.13. The van der Waals surface area contributed by atoms with Crippen LogP contribution in [0.3, 0.4) is 0 Å². The molecule has 0 spiro atoms. The largest absolute Gasteiger partial charge is 0.338 e. The molecule has 0 aliphatic carbocycles. The number of para-hydroxylation sites is 2. The van der Waals surface area contributed by atoms with Crippen LogP contribution in [0.25, 0.3) is 22.4 Å². The monoisotopic (exact) mass is 456 g/mol. The van der Waals surface area contributed by atoms with Crippen LogP contribution < -0.4 is 5.32 Å². The SMILES string of the molecule is Cc1nc(CSc2ccccc2C(=O)Nc2cccc(-c3nc4ccccc4[nH]3)c2)cs1. The number of benzene rings is 3. The maximum Gasteiger partial charge on any atom is 0.256 e. The van der Waals surface area contributed by atoms with Crippen molar-refractivity contribution in [3.63, 3.8) is 0 Å². The summed E-state index contributed by atoms with van der Waals surface area (Å²) >= 11 is 3.26. The third-order valence-electron chi connectivity index (χ3n) is 4.96. The van der Waals surface area contributed by atoms with E-state index in [1.54, 1.807) is 23.1 Å². The first-order valence-electron chi connectivity index (χ1n) is 10.1. The van der Waals surface area contributed by atoms with E-state index >= 15 is 0 Å². The smallest absolute Gasteiger partial charge is 0.256 e. The zero-order valence-corrected chi connectivity index (χ0v) is 19.0. The molecule has 7 heteroatoms. The molecule has 0 unspecified atom stereocenters. The minimum absolute atomic E-state index is 0.135. The zero-order chi connectivity index (χ0) is 21.9. The number of hydrogen-bond acceptors (Lipinski definition) is 5. The van der Waals surface area contributed by atoms with Gasteiger partial charge >= 0.3 is 0 Å². The third-order valence-corrected chi connectivity index (χ3v) is 6.89. The molecule has 5 nitrogen and oxygen atoms in total. The van der Waals surface area contributed by atoms with Gasteiger partial charge in [0, 0.05) is 27.3 Å². The van der Waals surface area contributed by atoms with Gasteiger partial charge in [0.25, 0.3) is 5.91 Å². The van der Waals surface area contributed by atoms with Crippen LogP contribution in [-0.2, 0) is 5.75 Å². The Labute approximate surface area is 194 Å². The molecule has 1 amide bonds. The number of aromatic nitrogens is 3. The van der Waals surface area contributed by atoms with Gasteiger partial charge in [0.15, 0.2) is 0 Å². The van der Waals surface area contributed by atoms with Gasteiger partial charge in [-0.3, -0.25) is 4.79 Å². The average Bonchev–Trinajstić information content (AvgIpc) is 3.44. The molecule has 0 saturated heterocycles. The lowest BCUT2D eigenvalue weighted by molar-refractivity contribution is 0.102. The van der Waals surface area contributed by atoms with Crippen LogP contribution in [0.2, 0.25) is 0 Å². The minimum atomic E-state index is -0.135. The number of thiazole rings is 1. The molecular weight excluding hydrogens is 436 g/mol. The first-order chi connectivity index (χ1) is 15.7. The van der Waals surface area contributed by atoms with Gasteiger partial charge < -0.3 is 10.3 Å². The van der Waals surface area contributed by atoms with Crippen molar-refractivity contribution in [2.24, 2.45) is 0 Å². The molecule has 0 fully saturated rings. The number of carbonyl (C=O) groups excluding carboxylic acids is 1. The fourth-order valence-corrected chi connectivity index (χ4v) is 5.10. The topological polar surface area (TPSA) is 70.7 Å². The highest BCUT2D eigenvalue weighted by atomic mass is 32.2. The van der Waals surface area contributed by atoms with Crippen molar-refractivity contribution in [3.8, 4) is 11.4 Å². The number of anilines is 1. The summed E-state index contributed by atoms with van der Waals surface area (Å²) in [5.74, 6) is 1.37. The van der Waals surface area contributed by atoms with Crippen molar-refractivity contribution in [2.75, 3.05) is 5.32 Å². The molecule has 5 aromatic rings. The number of rotatable bonds is 6. The number of thioether (sulfide) groups is 1. The van der Waals surface area contributed by atoms with Crippen molar-refractivity contribution in [1.82, 2.24) is 15.0 Å². The molecule has 2 heterocycles. The Morgan fingerprint density at radius 1 is 1.03 bits per heavy atom. The summed E-state index contributed by atoms with van der Waals surface area (Å²) in [5.41, 5.74) is 5.23. The molecule has 0 saturated carbocycles. The number of nitrogens with one attached hydrogen (secondary N) is 2. The summed E-state index contributed by atoms with van der Waals surface area (Å²) < 4.78 is 0. The second-order valence-electron chi connectivity index (χ2n) is 7.28. The van der Waals surface area contributed by atoms with Crippen LogP contribution in [0.5, 0.6) is 0 Å². The van der Waals surface area contributed by atoms with Crippen molar-refractivity contribution in [3.05, 3.63) is 94.4 Å². The molecule has 0 bridgehead atoms. The van der Waals surface area contributed by atoms with Crippen molar-refractivity contribution < 1.29 is 4.79 Å². The van der Waals surface area contributed by atoms with Gasteiger partial charge in [0.05, 0.1) is 27.3 Å². The van der Waals surface area contributed by atoms with Crippen LogP contribution in [0.1, 0.15) is 21.1 Å². The normalized spacial score (nSPS) is 11.0. The zero-order valence-electron chi connectivity index (χ0n) is 17.3. The molecule has 0 atom stereocenters. The van der Waals surface area contributed by atoms with E-state index in [2.05, 4.69) is 25.6 Å². The maximum atomic E-state index is 13.1. The standard InChI is InChI=1S/C25H20N4OS2/c1-16-26-19(14-31-16)15-32-23-12-5-2-9-20(23)25(30)27-18-8-6-7-17(13-18)24-28-21-10-3-4-11-22(21)29-24/h2-14H,15H2,1H3,(H,27,30)(H,28,29). The molecule has 5 rings (SSSR count). The van der Waals surface area contributed by atoms with Gasteiger partial charge in [-0.25, -0.2) is 9.97 Å². The second kappa shape index (κ2) is 8.98. The Kier molecular flexibility index (Phi) is 5.75. The maximum absolute atomic E-state index is 13.1. The number of aryl methyl sites for hydroxylation is 1. The van der Waals surface area contributed by atoms with Crippen LogP contribution in [0, 0.1) is 6.92 Å². The fourth-order valence-electron chi connectivity index (χ4n) is 3.44. The summed E-state index contributed by atoms with van der Waals surface area (Å²) in [6.45, 7) is 2.00. The fraction of sp³-hybridized carbons (Fsp3) is 0.0800. The highest BCUT2D eigenvalue weighted by Crippen LogP contribution is 2.28. The number of nitrogens with zero attached hydrogens (tertiary/aromatic N) is 2. The van der Waals surface area contributed by atoms with Crippen LogP contribution in [-0.4, -0.2) is 20.9 Å². The molecule has 0 aliphatic heterocycles. The Morgan fingerprint density at radius 2 is 1.88 bits per heavy atom. The number of fused-ring (bicyclic) bond motifs is 1. The minimum Gasteiger partial charge on any atom is -0.338 e. The number of amides is 1. The van der Waals surface area contributed by atoms with Crippen LogP contribution in [0.4, 0.5) is 5.69 Å². The van der Waals surface area contributed by atoms with Crippen LogP contribution >= 0.6 is 23.1 Å². The number of imidazole rings is 1. The van der Waals surface area contributed by atoms with E-state index in [1.165, 1.54) is 0 Å². The van der Waals surface area contributed by atoms with E-state index in [-0.39, 0.29) is 5.91 Å². The molecule has 32 heavy (non-hydrogen) atoms. The van der Waals surface area contributed by atoms with Crippen molar-refractivity contribution >= 4 is 45.7 Å². The molecule has 158 valence electrons. The van der Waals surface area contributed by atoms with Crippen molar-refractivity contribution in [2.45, 2.75) is 17.6 Å². The van der Waals surface area contributed by atoms with Gasteiger partial charge in [-0.2, -0.15) is 0 Å². The van der Waals surface area contributed by atoms with Gasteiger partial charge in [0.2, 0.25) is 0 Å². The van der Waals surface area contributed by atoms with Gasteiger partial charge in [-0.15, -0.1) is 23.1 Å². The molecule has 0 radical (unpaired) electrons. The quantitative estimate of drug-likeness (QED) is 0.285. The van der Waals surface area contributed by atoms with E-state index in [4.69, 9.17) is 0 Å². The Hall–Kier alpha value is -3.42.